The Kier molecular flexibility index (Phi) is 14.6. The molecule has 0 fully saturated rings. The second-order valence-electron chi connectivity index (χ2n) is 6.43. The van der Waals surface area contributed by atoms with Crippen molar-refractivity contribution in [1.29, 1.82) is 0 Å². The van der Waals surface area contributed by atoms with Crippen molar-refractivity contribution >= 4 is 17.8 Å². The van der Waals surface area contributed by atoms with E-state index in [-0.39, 0.29) is 19.6 Å². The SMILES string of the molecule is CCCCCCCCCCCC(=O)N(NCCO)[C@@H](CC(=O)O)C(=O)O. The Morgan fingerprint density at radius 1 is 0.923 bits per heavy atom. The molecule has 26 heavy (non-hydrogen) atoms. The fourth-order valence-corrected chi connectivity index (χ4v) is 2.70. The third kappa shape index (κ3) is 11.8. The van der Waals surface area contributed by atoms with Crippen molar-refractivity contribution in [3.05, 3.63) is 0 Å². The Hall–Kier alpha value is -1.67. The largest absolute Gasteiger partial charge is 0.481 e. The number of carbonyl (C=O) groups is 3. The zero-order chi connectivity index (χ0) is 19.8. The lowest BCUT2D eigenvalue weighted by Crippen LogP contribution is -2.54. The summed E-state index contributed by atoms with van der Waals surface area (Å²) in [6.07, 6.45) is 9.31. The number of aliphatic hydroxyl groups excluding tert-OH is 1. The molecule has 0 heterocycles. The normalized spacial score (nSPS) is 11.9. The number of unbranched alkanes of at least 4 members (excludes halogenated alkanes) is 8. The van der Waals surface area contributed by atoms with Crippen LogP contribution in [0.4, 0.5) is 0 Å². The Morgan fingerprint density at radius 2 is 1.46 bits per heavy atom. The highest BCUT2D eigenvalue weighted by Gasteiger charge is 2.31. The van der Waals surface area contributed by atoms with Gasteiger partial charge in [0, 0.05) is 13.0 Å². The Bertz CT molecular complexity index is 416. The number of hydrogen-bond acceptors (Lipinski definition) is 5. The Morgan fingerprint density at radius 3 is 1.92 bits per heavy atom. The molecule has 1 amide bonds. The van der Waals surface area contributed by atoms with Gasteiger partial charge >= 0.3 is 11.9 Å². The molecule has 0 aromatic carbocycles. The summed E-state index contributed by atoms with van der Waals surface area (Å²) in [6, 6.07) is -1.50. The summed E-state index contributed by atoms with van der Waals surface area (Å²) in [5.41, 5.74) is 2.53. The first-order valence-electron chi connectivity index (χ1n) is 9.55. The summed E-state index contributed by atoms with van der Waals surface area (Å²) >= 11 is 0. The number of rotatable bonds is 17. The minimum Gasteiger partial charge on any atom is -0.481 e. The molecule has 0 bridgehead atoms. The van der Waals surface area contributed by atoms with Gasteiger partial charge in [0.1, 0.15) is 0 Å². The van der Waals surface area contributed by atoms with Gasteiger partial charge in [-0.05, 0) is 6.42 Å². The number of amides is 1. The fourth-order valence-electron chi connectivity index (χ4n) is 2.70. The van der Waals surface area contributed by atoms with Crippen LogP contribution >= 0.6 is 0 Å². The van der Waals surface area contributed by atoms with Gasteiger partial charge in [0.05, 0.1) is 13.0 Å². The molecule has 0 aliphatic rings. The number of carboxylic acids is 2. The van der Waals surface area contributed by atoms with Crippen LogP contribution in [-0.2, 0) is 14.4 Å². The topological polar surface area (TPSA) is 127 Å². The minimum absolute atomic E-state index is 0.0209. The van der Waals surface area contributed by atoms with Crippen molar-refractivity contribution in [3.63, 3.8) is 0 Å². The lowest BCUT2D eigenvalue weighted by molar-refractivity contribution is -0.157. The van der Waals surface area contributed by atoms with Crippen LogP contribution in [0.15, 0.2) is 0 Å². The van der Waals surface area contributed by atoms with Crippen molar-refractivity contribution in [2.75, 3.05) is 13.2 Å². The molecule has 0 aliphatic heterocycles. The zero-order valence-corrected chi connectivity index (χ0v) is 15.8. The quantitative estimate of drug-likeness (QED) is 0.227. The van der Waals surface area contributed by atoms with E-state index in [1.807, 2.05) is 0 Å². The highest BCUT2D eigenvalue weighted by molar-refractivity contribution is 5.86. The van der Waals surface area contributed by atoms with Gasteiger partial charge in [-0.2, -0.15) is 0 Å². The minimum atomic E-state index is -1.50. The fraction of sp³-hybridized carbons (Fsp3) is 0.833. The van der Waals surface area contributed by atoms with Gasteiger partial charge in [-0.15, -0.1) is 0 Å². The van der Waals surface area contributed by atoms with Gasteiger partial charge in [-0.1, -0.05) is 58.3 Å². The molecule has 0 saturated heterocycles. The third-order valence-electron chi connectivity index (χ3n) is 4.12. The molecule has 4 N–H and O–H groups in total. The second-order valence-corrected chi connectivity index (χ2v) is 6.43. The summed E-state index contributed by atoms with van der Waals surface area (Å²) in [5.74, 6) is -3.16. The molecule has 0 spiro atoms. The highest BCUT2D eigenvalue weighted by atomic mass is 16.4. The molecule has 152 valence electrons. The molecule has 0 aliphatic carbocycles. The van der Waals surface area contributed by atoms with Crippen molar-refractivity contribution in [2.45, 2.75) is 83.6 Å². The van der Waals surface area contributed by atoms with Crippen LogP contribution in [-0.4, -0.2) is 57.4 Å². The van der Waals surface area contributed by atoms with Crippen LogP contribution in [0.1, 0.15) is 77.6 Å². The second kappa shape index (κ2) is 15.6. The van der Waals surface area contributed by atoms with E-state index < -0.39 is 30.3 Å². The Labute approximate surface area is 155 Å². The number of aliphatic hydroxyl groups is 1. The van der Waals surface area contributed by atoms with Crippen molar-refractivity contribution in [2.24, 2.45) is 0 Å². The maximum atomic E-state index is 12.3. The van der Waals surface area contributed by atoms with Gasteiger partial charge in [0.2, 0.25) is 5.91 Å². The summed E-state index contributed by atoms with van der Waals surface area (Å²) in [5, 5.41) is 27.8. The van der Waals surface area contributed by atoms with Crippen molar-refractivity contribution in [1.82, 2.24) is 10.4 Å². The number of carbonyl (C=O) groups excluding carboxylic acids is 1. The van der Waals surface area contributed by atoms with Crippen molar-refractivity contribution in [3.8, 4) is 0 Å². The van der Waals surface area contributed by atoms with Crippen LogP contribution in [0.5, 0.6) is 0 Å². The third-order valence-corrected chi connectivity index (χ3v) is 4.12. The average molecular weight is 374 g/mol. The number of nitrogens with zero attached hydrogens (tertiary/aromatic N) is 1. The molecule has 0 saturated carbocycles. The molecule has 8 heteroatoms. The summed E-state index contributed by atoms with van der Waals surface area (Å²) < 4.78 is 0. The lowest BCUT2D eigenvalue weighted by Gasteiger charge is -2.28. The van der Waals surface area contributed by atoms with Gasteiger partial charge < -0.3 is 15.3 Å². The summed E-state index contributed by atoms with van der Waals surface area (Å²) in [4.78, 5) is 34.5. The molecule has 0 aromatic rings. The van der Waals surface area contributed by atoms with E-state index in [0.29, 0.717) is 6.42 Å². The maximum Gasteiger partial charge on any atom is 0.328 e. The van der Waals surface area contributed by atoms with E-state index in [2.05, 4.69) is 12.3 Å². The summed E-state index contributed by atoms with van der Waals surface area (Å²) in [7, 11) is 0. The van der Waals surface area contributed by atoms with Gasteiger partial charge in [-0.25, -0.2) is 10.2 Å². The van der Waals surface area contributed by atoms with Crippen molar-refractivity contribution < 1.29 is 29.7 Å². The molecule has 0 aromatic heterocycles. The van der Waals surface area contributed by atoms with Crippen LogP contribution in [0.25, 0.3) is 0 Å². The molecule has 0 unspecified atom stereocenters. The molecular formula is C18H34N2O6. The first-order chi connectivity index (χ1) is 12.4. The van der Waals surface area contributed by atoms with Crippen LogP contribution in [0, 0.1) is 0 Å². The van der Waals surface area contributed by atoms with Gasteiger partial charge in [0.25, 0.3) is 0 Å². The molecule has 0 radical (unpaired) electrons. The number of nitrogens with one attached hydrogen (secondary N) is 1. The number of hydrazine groups is 1. The van der Waals surface area contributed by atoms with E-state index in [1.165, 1.54) is 32.1 Å². The molecular weight excluding hydrogens is 340 g/mol. The van der Waals surface area contributed by atoms with Gasteiger partial charge in [-0.3, -0.25) is 14.6 Å². The monoisotopic (exact) mass is 374 g/mol. The van der Waals surface area contributed by atoms with E-state index in [1.54, 1.807) is 0 Å². The molecule has 8 nitrogen and oxygen atoms in total. The van der Waals surface area contributed by atoms with Crippen LogP contribution < -0.4 is 5.43 Å². The zero-order valence-electron chi connectivity index (χ0n) is 15.8. The van der Waals surface area contributed by atoms with Crippen LogP contribution in [0.3, 0.4) is 0 Å². The van der Waals surface area contributed by atoms with E-state index >= 15 is 0 Å². The van der Waals surface area contributed by atoms with Crippen LogP contribution in [0.2, 0.25) is 0 Å². The Balaban J connectivity index is 4.29. The van der Waals surface area contributed by atoms with E-state index in [4.69, 9.17) is 10.2 Å². The summed E-state index contributed by atoms with van der Waals surface area (Å²) in [6.45, 7) is 1.87. The first-order valence-corrected chi connectivity index (χ1v) is 9.55. The molecule has 0 rings (SSSR count). The maximum absolute atomic E-state index is 12.3. The average Bonchev–Trinajstić information content (AvgIpc) is 2.59. The first kappa shape index (κ1) is 24.3. The number of carboxylic acid groups (broad SMARTS) is 2. The highest BCUT2D eigenvalue weighted by Crippen LogP contribution is 2.12. The standard InChI is InChI=1S/C18H34N2O6/c1-2-3-4-5-6-7-8-9-10-11-16(22)20(19-12-13-21)15(18(25)26)14-17(23)24/h15,19,21H,2-14H2,1H3,(H,23,24)(H,25,26)/t15-/m0/s1. The lowest BCUT2D eigenvalue weighted by atomic mass is 10.1. The number of aliphatic carboxylic acids is 2. The predicted octanol–water partition coefficient (Wildman–Crippen LogP) is 2.16. The molecule has 1 atom stereocenters. The van der Waals surface area contributed by atoms with Gasteiger partial charge in [0.15, 0.2) is 6.04 Å². The smallest absolute Gasteiger partial charge is 0.328 e. The predicted molar refractivity (Wildman–Crippen MR) is 97.5 cm³/mol. The van der Waals surface area contributed by atoms with E-state index in [9.17, 15) is 19.5 Å². The van der Waals surface area contributed by atoms with E-state index in [0.717, 1.165) is 24.3 Å². The number of hydrogen-bond donors (Lipinski definition) is 4.